The van der Waals surface area contributed by atoms with Crippen molar-refractivity contribution in [3.05, 3.63) is 17.7 Å². The summed E-state index contributed by atoms with van der Waals surface area (Å²) < 4.78 is 15.0. The van der Waals surface area contributed by atoms with E-state index in [0.717, 1.165) is 6.07 Å². The Bertz CT molecular complexity index is 563. The van der Waals surface area contributed by atoms with Crippen LogP contribution in [0.1, 0.15) is 31.1 Å². The number of ether oxygens (including phenoxy) is 3. The molecular formula is C14H19NO7. The first kappa shape index (κ1) is 17.6. The predicted molar refractivity (Wildman–Crippen MR) is 77.4 cm³/mol. The number of nitrogens with one attached hydrogen (secondary N) is 1. The first-order chi connectivity index (χ1) is 10.2. The molecule has 22 heavy (non-hydrogen) atoms. The maximum atomic E-state index is 11.8. The van der Waals surface area contributed by atoms with E-state index in [0.29, 0.717) is 0 Å². The Hall–Kier alpha value is -2.48. The third-order valence-electron chi connectivity index (χ3n) is 2.33. The molecule has 8 nitrogen and oxygen atoms in total. The minimum atomic E-state index is -1.34. The number of aromatic hydroxyl groups is 1. The molecule has 0 radical (unpaired) electrons. The fraction of sp³-hybridized carbons (Fsp3) is 0.429. The predicted octanol–water partition coefficient (Wildman–Crippen LogP) is 2.42. The average Bonchev–Trinajstić information content (AvgIpc) is 2.36. The van der Waals surface area contributed by atoms with Gasteiger partial charge < -0.3 is 24.4 Å². The van der Waals surface area contributed by atoms with Crippen molar-refractivity contribution >= 4 is 17.7 Å². The van der Waals surface area contributed by atoms with Crippen molar-refractivity contribution in [3.8, 4) is 11.5 Å². The Kier molecular flexibility index (Phi) is 5.58. The van der Waals surface area contributed by atoms with Crippen molar-refractivity contribution in [1.29, 1.82) is 0 Å². The Morgan fingerprint density at radius 3 is 2.41 bits per heavy atom. The smallest absolute Gasteiger partial charge is 0.412 e. The van der Waals surface area contributed by atoms with E-state index in [1.165, 1.54) is 13.2 Å². The van der Waals surface area contributed by atoms with Crippen LogP contribution in [0, 0.1) is 0 Å². The van der Waals surface area contributed by atoms with Gasteiger partial charge in [0.05, 0.1) is 0 Å². The summed E-state index contributed by atoms with van der Waals surface area (Å²) in [4.78, 5) is 22.9. The molecule has 0 aliphatic rings. The van der Waals surface area contributed by atoms with Crippen LogP contribution >= 0.6 is 0 Å². The molecule has 122 valence electrons. The van der Waals surface area contributed by atoms with Gasteiger partial charge in [0.25, 0.3) is 0 Å². The minimum Gasteiger partial charge on any atom is -0.505 e. The van der Waals surface area contributed by atoms with Crippen molar-refractivity contribution in [2.45, 2.75) is 26.4 Å². The summed E-state index contributed by atoms with van der Waals surface area (Å²) >= 11 is 0. The van der Waals surface area contributed by atoms with E-state index >= 15 is 0 Å². The molecule has 0 saturated heterocycles. The third kappa shape index (κ3) is 4.81. The summed E-state index contributed by atoms with van der Waals surface area (Å²) in [6.45, 7) is 4.86. The second-order valence-corrected chi connectivity index (χ2v) is 5.32. The van der Waals surface area contributed by atoms with E-state index < -0.39 is 23.4 Å². The second-order valence-electron chi connectivity index (χ2n) is 5.32. The number of carbonyl (C=O) groups excluding carboxylic acids is 1. The zero-order valence-corrected chi connectivity index (χ0v) is 12.8. The Balaban J connectivity index is 3.14. The lowest BCUT2D eigenvalue weighted by Crippen LogP contribution is -2.27. The van der Waals surface area contributed by atoms with Crippen molar-refractivity contribution in [2.75, 3.05) is 19.2 Å². The van der Waals surface area contributed by atoms with Gasteiger partial charge in [-0.25, -0.2) is 9.59 Å². The zero-order chi connectivity index (χ0) is 16.9. The number of aromatic carboxylic acids is 1. The van der Waals surface area contributed by atoms with Gasteiger partial charge in [-0.3, -0.25) is 5.32 Å². The number of hydrogen-bond acceptors (Lipinski definition) is 6. The fourth-order valence-corrected chi connectivity index (χ4v) is 1.51. The highest BCUT2D eigenvalue weighted by Crippen LogP contribution is 2.37. The topological polar surface area (TPSA) is 114 Å². The van der Waals surface area contributed by atoms with E-state index in [2.05, 4.69) is 5.32 Å². The van der Waals surface area contributed by atoms with Crippen molar-refractivity contribution in [1.82, 2.24) is 0 Å². The lowest BCUT2D eigenvalue weighted by Gasteiger charge is -2.21. The molecule has 0 heterocycles. The molecule has 1 aromatic rings. The van der Waals surface area contributed by atoms with E-state index in [1.54, 1.807) is 20.8 Å². The summed E-state index contributed by atoms with van der Waals surface area (Å²) in [6.07, 6.45) is -0.854. The van der Waals surface area contributed by atoms with E-state index in [9.17, 15) is 14.7 Å². The normalized spacial score (nSPS) is 10.9. The quantitative estimate of drug-likeness (QED) is 0.565. The van der Waals surface area contributed by atoms with Gasteiger partial charge in [0.1, 0.15) is 22.6 Å². The van der Waals surface area contributed by atoms with Crippen LogP contribution in [0.25, 0.3) is 0 Å². The van der Waals surface area contributed by atoms with Gasteiger partial charge in [-0.05, 0) is 32.9 Å². The summed E-state index contributed by atoms with van der Waals surface area (Å²) in [5, 5.41) is 21.3. The van der Waals surface area contributed by atoms with E-state index in [1.807, 2.05) is 0 Å². The van der Waals surface area contributed by atoms with Crippen LogP contribution in [0.3, 0.4) is 0 Å². The summed E-state index contributed by atoms with van der Waals surface area (Å²) in [5.41, 5.74) is -1.33. The van der Waals surface area contributed by atoms with Crippen LogP contribution in [0.2, 0.25) is 0 Å². The Morgan fingerprint density at radius 2 is 1.91 bits per heavy atom. The summed E-state index contributed by atoms with van der Waals surface area (Å²) in [5.74, 6) is -1.93. The molecular weight excluding hydrogens is 294 g/mol. The number of carboxylic acid groups (broad SMARTS) is 1. The van der Waals surface area contributed by atoms with Crippen LogP contribution in [-0.4, -0.2) is 41.8 Å². The molecule has 0 atom stereocenters. The fourth-order valence-electron chi connectivity index (χ4n) is 1.51. The highest BCUT2D eigenvalue weighted by atomic mass is 16.7. The SMILES string of the molecule is COCOc1ccc(C(=O)O)c(O)c1NC(=O)OC(C)(C)C. The Morgan fingerprint density at radius 1 is 1.27 bits per heavy atom. The molecule has 0 aromatic heterocycles. The van der Waals surface area contributed by atoms with Crippen LogP contribution < -0.4 is 10.1 Å². The molecule has 0 aliphatic heterocycles. The molecule has 0 unspecified atom stereocenters. The number of carbonyl (C=O) groups is 2. The van der Waals surface area contributed by atoms with Crippen molar-refractivity contribution in [3.63, 3.8) is 0 Å². The molecule has 0 bridgehead atoms. The van der Waals surface area contributed by atoms with Gasteiger partial charge in [0, 0.05) is 7.11 Å². The molecule has 0 fully saturated rings. The van der Waals surface area contributed by atoms with E-state index in [4.69, 9.17) is 19.3 Å². The monoisotopic (exact) mass is 313 g/mol. The van der Waals surface area contributed by atoms with Gasteiger partial charge >= 0.3 is 12.1 Å². The minimum absolute atomic E-state index is 0.0511. The second kappa shape index (κ2) is 6.99. The van der Waals surface area contributed by atoms with Crippen LogP contribution in [0.15, 0.2) is 12.1 Å². The highest BCUT2D eigenvalue weighted by molar-refractivity contribution is 5.98. The van der Waals surface area contributed by atoms with Gasteiger partial charge in [-0.15, -0.1) is 0 Å². The van der Waals surface area contributed by atoms with Crippen LogP contribution in [0.5, 0.6) is 11.5 Å². The third-order valence-corrected chi connectivity index (χ3v) is 2.33. The largest absolute Gasteiger partial charge is 0.505 e. The maximum absolute atomic E-state index is 11.8. The molecule has 8 heteroatoms. The first-order valence-electron chi connectivity index (χ1n) is 6.36. The number of anilines is 1. The summed E-state index contributed by atoms with van der Waals surface area (Å²) in [7, 11) is 1.40. The highest BCUT2D eigenvalue weighted by Gasteiger charge is 2.23. The van der Waals surface area contributed by atoms with Gasteiger partial charge in [0.2, 0.25) is 0 Å². The number of carboxylic acids is 1. The van der Waals surface area contributed by atoms with Gasteiger partial charge in [0.15, 0.2) is 12.5 Å². The molecule has 1 amide bonds. The molecule has 0 aliphatic carbocycles. The van der Waals surface area contributed by atoms with Gasteiger partial charge in [-0.2, -0.15) is 0 Å². The summed E-state index contributed by atoms with van der Waals surface area (Å²) in [6, 6.07) is 2.46. The molecule has 1 aromatic carbocycles. The standard InChI is InChI=1S/C14H19NO7/c1-14(2,3)22-13(19)15-10-9(21-7-20-4)6-5-8(11(10)16)12(17)18/h5-6,16H,7H2,1-4H3,(H,15,19)(H,17,18). The number of benzene rings is 1. The lowest BCUT2D eigenvalue weighted by molar-refractivity contribution is 0.0507. The molecule has 0 spiro atoms. The number of amides is 1. The number of phenols is 1. The average molecular weight is 313 g/mol. The molecule has 0 saturated carbocycles. The van der Waals surface area contributed by atoms with Crippen LogP contribution in [0.4, 0.5) is 10.5 Å². The lowest BCUT2D eigenvalue weighted by atomic mass is 10.1. The number of rotatable bonds is 5. The first-order valence-corrected chi connectivity index (χ1v) is 6.36. The van der Waals surface area contributed by atoms with Crippen molar-refractivity contribution in [2.24, 2.45) is 0 Å². The Labute approximate surface area is 127 Å². The van der Waals surface area contributed by atoms with E-state index in [-0.39, 0.29) is 23.8 Å². The zero-order valence-electron chi connectivity index (χ0n) is 12.8. The maximum Gasteiger partial charge on any atom is 0.412 e. The van der Waals surface area contributed by atoms with Crippen LogP contribution in [-0.2, 0) is 9.47 Å². The number of hydrogen-bond donors (Lipinski definition) is 3. The number of methoxy groups -OCH3 is 1. The molecule has 3 N–H and O–H groups in total. The van der Waals surface area contributed by atoms with Crippen molar-refractivity contribution < 1.29 is 34.0 Å². The van der Waals surface area contributed by atoms with Gasteiger partial charge in [-0.1, -0.05) is 0 Å². The molecule has 1 rings (SSSR count).